The molecule has 1 amide bonds. The number of anilines is 2. The molecule has 1 heterocycles. The van der Waals surface area contributed by atoms with Gasteiger partial charge in [-0.3, -0.25) is 9.10 Å². The first-order valence-electron chi connectivity index (χ1n) is 9.04. The lowest BCUT2D eigenvalue weighted by molar-refractivity contribution is -0.122. The zero-order valence-corrected chi connectivity index (χ0v) is 18.2. The molecular weight excluding hydrogens is 432 g/mol. The number of nitrogens with zero attached hydrogens (tertiary/aromatic N) is 1. The molecule has 0 saturated carbocycles. The fourth-order valence-corrected chi connectivity index (χ4v) is 4.24. The summed E-state index contributed by atoms with van der Waals surface area (Å²) in [7, 11) is -2.32. The molecule has 2 aromatic rings. The molecule has 0 bridgehead atoms. The van der Waals surface area contributed by atoms with E-state index >= 15 is 0 Å². The van der Waals surface area contributed by atoms with Crippen molar-refractivity contribution in [3.63, 3.8) is 0 Å². The number of carbonyl (C=O) groups is 2. The first-order valence-corrected chi connectivity index (χ1v) is 11.3. The zero-order chi connectivity index (χ0) is 22.1. The minimum Gasteiger partial charge on any atom is -0.478 e. The van der Waals surface area contributed by atoms with Gasteiger partial charge in [-0.2, -0.15) is 0 Å². The van der Waals surface area contributed by atoms with Gasteiger partial charge in [-0.25, -0.2) is 13.2 Å². The van der Waals surface area contributed by atoms with Crippen LogP contribution in [-0.2, 0) is 19.6 Å². The molecule has 1 aliphatic rings. The van der Waals surface area contributed by atoms with Gasteiger partial charge in [0, 0.05) is 18.7 Å². The topological polar surface area (TPSA) is 102 Å². The summed E-state index contributed by atoms with van der Waals surface area (Å²) in [5, 5.41) is 2.88. The van der Waals surface area contributed by atoms with E-state index in [0.29, 0.717) is 17.1 Å². The van der Waals surface area contributed by atoms with Gasteiger partial charge in [-0.1, -0.05) is 17.7 Å². The Morgan fingerprint density at radius 1 is 1.23 bits per heavy atom. The number of halogens is 1. The average Bonchev–Trinajstić information content (AvgIpc) is 2.88. The SMILES string of the molecule is COC(=O)c1cc(NC(=O)C2CCN(S(C)(=O)=O)c3cc(C)ccc3O2)ccc1Cl. The van der Waals surface area contributed by atoms with Crippen molar-refractivity contribution in [1.82, 2.24) is 0 Å². The van der Waals surface area contributed by atoms with Crippen molar-refractivity contribution in [2.24, 2.45) is 0 Å². The Morgan fingerprint density at radius 2 is 1.97 bits per heavy atom. The third kappa shape index (κ3) is 4.68. The van der Waals surface area contributed by atoms with Crippen LogP contribution in [0.25, 0.3) is 0 Å². The van der Waals surface area contributed by atoms with Gasteiger partial charge in [0.1, 0.15) is 5.75 Å². The molecule has 0 aliphatic carbocycles. The van der Waals surface area contributed by atoms with Gasteiger partial charge < -0.3 is 14.8 Å². The second-order valence-corrected chi connectivity index (χ2v) is 9.19. The van der Waals surface area contributed by atoms with Crippen molar-refractivity contribution < 1.29 is 27.5 Å². The van der Waals surface area contributed by atoms with Crippen LogP contribution in [0, 0.1) is 6.92 Å². The Kier molecular flexibility index (Phi) is 6.23. The number of hydrogen-bond donors (Lipinski definition) is 1. The molecule has 0 spiro atoms. The summed E-state index contributed by atoms with van der Waals surface area (Å²) in [6.45, 7) is 1.93. The molecule has 0 radical (unpaired) electrons. The molecule has 30 heavy (non-hydrogen) atoms. The molecule has 2 aromatic carbocycles. The third-order valence-corrected chi connectivity index (χ3v) is 6.09. The van der Waals surface area contributed by atoms with Crippen LogP contribution < -0.4 is 14.4 Å². The highest BCUT2D eigenvalue weighted by Crippen LogP contribution is 2.35. The van der Waals surface area contributed by atoms with Crippen molar-refractivity contribution in [2.45, 2.75) is 19.4 Å². The van der Waals surface area contributed by atoms with Crippen LogP contribution in [0.2, 0.25) is 5.02 Å². The fourth-order valence-electron chi connectivity index (χ4n) is 3.11. The number of rotatable bonds is 4. The number of carbonyl (C=O) groups excluding carboxylic acids is 2. The maximum atomic E-state index is 12.8. The first-order chi connectivity index (χ1) is 14.1. The predicted octanol–water partition coefficient (Wildman–Crippen LogP) is 2.99. The third-order valence-electron chi connectivity index (χ3n) is 4.58. The monoisotopic (exact) mass is 452 g/mol. The van der Waals surface area contributed by atoms with Gasteiger partial charge in [0.05, 0.1) is 29.6 Å². The Bertz CT molecular complexity index is 1100. The van der Waals surface area contributed by atoms with Crippen LogP contribution in [0.5, 0.6) is 5.75 Å². The van der Waals surface area contributed by atoms with Crippen molar-refractivity contribution in [3.05, 3.63) is 52.5 Å². The summed E-state index contributed by atoms with van der Waals surface area (Å²) >= 11 is 6.00. The molecule has 1 aliphatic heterocycles. The van der Waals surface area contributed by atoms with E-state index in [4.69, 9.17) is 16.3 Å². The lowest BCUT2D eigenvalue weighted by Gasteiger charge is -2.21. The second kappa shape index (κ2) is 8.53. The number of fused-ring (bicyclic) bond motifs is 1. The number of methoxy groups -OCH3 is 1. The standard InChI is InChI=1S/C20H21ClN2O6S/c1-12-4-7-17-16(10-12)23(30(3,26)27)9-8-18(29-17)19(24)22-13-5-6-15(21)14(11-13)20(25)28-2/h4-7,10-11,18H,8-9H2,1-3H3,(H,22,24). The minimum absolute atomic E-state index is 0.0847. The van der Waals surface area contributed by atoms with Crippen LogP contribution in [-0.4, -0.2) is 46.3 Å². The number of hydrogen-bond acceptors (Lipinski definition) is 6. The molecule has 1 unspecified atom stereocenters. The summed E-state index contributed by atoms with van der Waals surface area (Å²) in [5.41, 5.74) is 1.71. The summed E-state index contributed by atoms with van der Waals surface area (Å²) < 4.78 is 36.3. The number of nitrogens with one attached hydrogen (secondary N) is 1. The van der Waals surface area contributed by atoms with Crippen molar-refractivity contribution >= 4 is 44.9 Å². The van der Waals surface area contributed by atoms with Crippen molar-refractivity contribution in [1.29, 1.82) is 0 Å². The quantitative estimate of drug-likeness (QED) is 0.715. The number of ether oxygens (including phenoxy) is 2. The smallest absolute Gasteiger partial charge is 0.339 e. The highest BCUT2D eigenvalue weighted by molar-refractivity contribution is 7.92. The van der Waals surface area contributed by atoms with Crippen LogP contribution in [0.3, 0.4) is 0 Å². The van der Waals surface area contributed by atoms with E-state index in [2.05, 4.69) is 10.1 Å². The van der Waals surface area contributed by atoms with Crippen LogP contribution in [0.4, 0.5) is 11.4 Å². The Morgan fingerprint density at radius 3 is 2.63 bits per heavy atom. The largest absolute Gasteiger partial charge is 0.478 e. The normalized spacial score (nSPS) is 16.1. The highest BCUT2D eigenvalue weighted by Gasteiger charge is 2.31. The lowest BCUT2D eigenvalue weighted by atomic mass is 10.2. The van der Waals surface area contributed by atoms with Gasteiger partial charge >= 0.3 is 5.97 Å². The van der Waals surface area contributed by atoms with Crippen molar-refractivity contribution in [3.8, 4) is 5.75 Å². The number of aryl methyl sites for hydroxylation is 1. The Hall–Kier alpha value is -2.78. The van der Waals surface area contributed by atoms with Crippen molar-refractivity contribution in [2.75, 3.05) is 29.5 Å². The zero-order valence-electron chi connectivity index (χ0n) is 16.6. The molecule has 8 nitrogen and oxygen atoms in total. The molecule has 1 N–H and O–H groups in total. The fraction of sp³-hybridized carbons (Fsp3) is 0.300. The van der Waals surface area contributed by atoms with Gasteiger partial charge in [0.25, 0.3) is 5.91 Å². The predicted molar refractivity (Wildman–Crippen MR) is 114 cm³/mol. The van der Waals surface area contributed by atoms with Gasteiger partial charge in [-0.15, -0.1) is 0 Å². The van der Waals surface area contributed by atoms with E-state index in [1.807, 2.05) is 6.92 Å². The first kappa shape index (κ1) is 21.9. The molecule has 160 valence electrons. The lowest BCUT2D eigenvalue weighted by Crippen LogP contribution is -2.36. The van der Waals surface area contributed by atoms with Crippen LogP contribution in [0.1, 0.15) is 22.3 Å². The van der Waals surface area contributed by atoms with Gasteiger partial charge in [-0.05, 0) is 42.8 Å². The summed E-state index contributed by atoms with van der Waals surface area (Å²) in [6.07, 6.45) is 0.321. The van der Waals surface area contributed by atoms with E-state index < -0.39 is 28.0 Å². The highest BCUT2D eigenvalue weighted by atomic mass is 35.5. The van der Waals surface area contributed by atoms with E-state index in [-0.39, 0.29) is 23.6 Å². The molecule has 0 fully saturated rings. The Labute approximate surface area is 179 Å². The van der Waals surface area contributed by atoms with Crippen LogP contribution in [0.15, 0.2) is 36.4 Å². The summed E-state index contributed by atoms with van der Waals surface area (Å²) in [4.78, 5) is 24.6. The molecular formula is C20H21ClN2O6S. The summed E-state index contributed by atoms with van der Waals surface area (Å²) in [5.74, 6) is -0.806. The van der Waals surface area contributed by atoms with E-state index in [1.54, 1.807) is 24.3 Å². The Balaban J connectivity index is 1.86. The molecule has 0 aromatic heterocycles. The molecule has 3 rings (SSSR count). The summed E-state index contributed by atoms with van der Waals surface area (Å²) in [6, 6.07) is 9.55. The molecule has 0 saturated heterocycles. The number of esters is 1. The maximum absolute atomic E-state index is 12.8. The number of amides is 1. The molecule has 10 heteroatoms. The molecule has 1 atom stereocenters. The maximum Gasteiger partial charge on any atom is 0.339 e. The average molecular weight is 453 g/mol. The second-order valence-electron chi connectivity index (χ2n) is 6.88. The number of benzene rings is 2. The van der Waals surface area contributed by atoms with Gasteiger partial charge in [0.15, 0.2) is 6.10 Å². The van der Waals surface area contributed by atoms with E-state index in [1.165, 1.54) is 23.5 Å². The van der Waals surface area contributed by atoms with Gasteiger partial charge in [0.2, 0.25) is 10.0 Å². The van der Waals surface area contributed by atoms with Crippen LogP contribution >= 0.6 is 11.6 Å². The number of sulfonamides is 1. The van der Waals surface area contributed by atoms with E-state index in [9.17, 15) is 18.0 Å². The minimum atomic E-state index is -3.55. The van der Waals surface area contributed by atoms with E-state index in [0.717, 1.165) is 11.8 Å².